The fourth-order valence-electron chi connectivity index (χ4n) is 2.33. The Morgan fingerprint density at radius 2 is 2.04 bits per heavy atom. The van der Waals surface area contributed by atoms with Crippen molar-refractivity contribution in [3.8, 4) is 17.0 Å². The Hall–Kier alpha value is -2.79. The van der Waals surface area contributed by atoms with Gasteiger partial charge < -0.3 is 15.6 Å². The molecule has 3 rings (SSSR count). The first-order valence-electron chi connectivity index (χ1n) is 7.33. The number of imidazole rings is 1. The number of ether oxygens (including phenoxy) is 1. The van der Waals surface area contributed by atoms with Gasteiger partial charge in [0.1, 0.15) is 29.5 Å². The first-order valence-corrected chi connectivity index (χ1v) is 7.33. The number of anilines is 1. The molecule has 23 heavy (non-hydrogen) atoms. The van der Waals surface area contributed by atoms with Crippen molar-refractivity contribution >= 4 is 11.5 Å². The third-order valence-electron chi connectivity index (χ3n) is 3.52. The van der Waals surface area contributed by atoms with Crippen LogP contribution in [0.5, 0.6) is 5.75 Å². The molecule has 5 heteroatoms. The van der Waals surface area contributed by atoms with E-state index in [0.717, 1.165) is 22.4 Å². The second-order valence-corrected chi connectivity index (χ2v) is 5.54. The molecular formula is C18H19N3O2. The first kappa shape index (κ1) is 15.1. The van der Waals surface area contributed by atoms with E-state index in [1.807, 2.05) is 49.5 Å². The Bertz CT molecular complexity index is 851. The van der Waals surface area contributed by atoms with Crippen molar-refractivity contribution in [2.75, 3.05) is 12.3 Å². The van der Waals surface area contributed by atoms with Crippen molar-refractivity contribution < 1.29 is 9.84 Å². The lowest BCUT2D eigenvalue weighted by Crippen LogP contribution is -1.97. The third kappa shape index (κ3) is 3.05. The third-order valence-corrected chi connectivity index (χ3v) is 3.52. The second kappa shape index (κ2) is 6.14. The highest BCUT2D eigenvalue weighted by molar-refractivity contribution is 5.75. The maximum absolute atomic E-state index is 9.22. The van der Waals surface area contributed by atoms with Gasteiger partial charge in [-0.3, -0.25) is 4.40 Å². The molecule has 2 heterocycles. The summed E-state index contributed by atoms with van der Waals surface area (Å²) in [5.41, 5.74) is 10.3. The minimum Gasteiger partial charge on any atom is -0.489 e. The zero-order valence-electron chi connectivity index (χ0n) is 13.0. The summed E-state index contributed by atoms with van der Waals surface area (Å²) < 4.78 is 7.40. The lowest BCUT2D eigenvalue weighted by molar-refractivity contribution is 0.282. The maximum atomic E-state index is 9.22. The minimum atomic E-state index is -0.0205. The number of hydrogen-bond donors (Lipinski definition) is 2. The van der Waals surface area contributed by atoms with Gasteiger partial charge in [0.15, 0.2) is 0 Å². The molecule has 1 aromatic carbocycles. The molecule has 3 aromatic rings. The molecule has 2 aromatic heterocycles. The smallest absolute Gasteiger partial charge is 0.139 e. The van der Waals surface area contributed by atoms with Gasteiger partial charge in [0.2, 0.25) is 0 Å². The molecule has 0 amide bonds. The van der Waals surface area contributed by atoms with Crippen LogP contribution in [0.2, 0.25) is 0 Å². The second-order valence-electron chi connectivity index (χ2n) is 5.54. The van der Waals surface area contributed by atoms with Crippen LogP contribution >= 0.6 is 0 Å². The van der Waals surface area contributed by atoms with Gasteiger partial charge in [0.25, 0.3) is 0 Å². The number of nitrogens with zero attached hydrogens (tertiary/aromatic N) is 2. The van der Waals surface area contributed by atoms with Crippen LogP contribution < -0.4 is 10.5 Å². The Morgan fingerprint density at radius 3 is 2.70 bits per heavy atom. The summed E-state index contributed by atoms with van der Waals surface area (Å²) in [6.45, 7) is 6.22. The molecule has 0 spiro atoms. The molecule has 118 valence electrons. The lowest BCUT2D eigenvalue weighted by Gasteiger charge is -2.06. The van der Waals surface area contributed by atoms with Gasteiger partial charge in [-0.05, 0) is 54.5 Å². The molecule has 0 radical (unpaired) electrons. The average molecular weight is 309 g/mol. The number of aromatic nitrogens is 2. The normalized spacial score (nSPS) is 10.9. The maximum Gasteiger partial charge on any atom is 0.139 e. The Kier molecular flexibility index (Phi) is 4.04. The first-order chi connectivity index (χ1) is 11.1. The highest BCUT2D eigenvalue weighted by Gasteiger charge is 2.11. The molecule has 3 N–H and O–H groups in total. The van der Waals surface area contributed by atoms with Crippen LogP contribution in [0.25, 0.3) is 16.9 Å². The largest absolute Gasteiger partial charge is 0.489 e. The predicted octanol–water partition coefficient (Wildman–Crippen LogP) is 3.03. The molecule has 0 atom stereocenters. The molecule has 5 nitrogen and oxygen atoms in total. The highest BCUT2D eigenvalue weighted by Crippen LogP contribution is 2.28. The van der Waals surface area contributed by atoms with Gasteiger partial charge in [0, 0.05) is 11.8 Å². The van der Waals surface area contributed by atoms with E-state index in [1.54, 1.807) is 4.40 Å². The van der Waals surface area contributed by atoms with Crippen LogP contribution in [0.4, 0.5) is 5.82 Å². The predicted molar refractivity (Wildman–Crippen MR) is 91.3 cm³/mol. The molecule has 0 aliphatic carbocycles. The number of aliphatic hydroxyl groups is 1. The Labute approximate surface area is 134 Å². The van der Waals surface area contributed by atoms with Crippen molar-refractivity contribution in [3.63, 3.8) is 0 Å². The van der Waals surface area contributed by atoms with Gasteiger partial charge in [-0.1, -0.05) is 6.58 Å². The molecule has 0 fully saturated rings. The zero-order valence-corrected chi connectivity index (χ0v) is 13.0. The number of nitrogens with two attached hydrogens (primary N) is 1. The fourth-order valence-corrected chi connectivity index (χ4v) is 2.33. The fraction of sp³-hybridized carbons (Fsp3) is 0.167. The number of nitrogen functional groups attached to an aromatic ring is 1. The van der Waals surface area contributed by atoms with Crippen LogP contribution in [0, 0.1) is 0 Å². The lowest BCUT2D eigenvalue weighted by atomic mass is 10.1. The van der Waals surface area contributed by atoms with E-state index in [4.69, 9.17) is 10.5 Å². The quantitative estimate of drug-likeness (QED) is 0.711. The van der Waals surface area contributed by atoms with Crippen molar-refractivity contribution in [3.05, 3.63) is 60.3 Å². The van der Waals surface area contributed by atoms with Gasteiger partial charge in [-0.15, -0.1) is 0 Å². The summed E-state index contributed by atoms with van der Waals surface area (Å²) >= 11 is 0. The monoisotopic (exact) mass is 309 g/mol. The number of hydrogen-bond acceptors (Lipinski definition) is 4. The topological polar surface area (TPSA) is 72.8 Å². The van der Waals surface area contributed by atoms with Gasteiger partial charge in [0.05, 0.1) is 6.61 Å². The number of fused-ring (bicyclic) bond motifs is 1. The van der Waals surface area contributed by atoms with Gasteiger partial charge in [-0.25, -0.2) is 4.98 Å². The molecule has 0 saturated carbocycles. The van der Waals surface area contributed by atoms with Crippen LogP contribution in [0.1, 0.15) is 12.5 Å². The van der Waals surface area contributed by atoms with E-state index in [0.29, 0.717) is 23.8 Å². The van der Waals surface area contributed by atoms with E-state index in [1.165, 1.54) is 0 Å². The SMILES string of the molecule is C=C(C)COc1ccc(-c2nc3cc(CO)ccn3c2N)cc1. The number of benzene rings is 1. The summed E-state index contributed by atoms with van der Waals surface area (Å²) in [6.07, 6.45) is 1.82. The molecule has 0 bridgehead atoms. The van der Waals surface area contributed by atoms with Crippen LogP contribution in [-0.2, 0) is 6.61 Å². The van der Waals surface area contributed by atoms with Crippen LogP contribution in [0.15, 0.2) is 54.7 Å². The average Bonchev–Trinajstić information content (AvgIpc) is 2.89. The summed E-state index contributed by atoms with van der Waals surface area (Å²) in [6, 6.07) is 11.3. The van der Waals surface area contributed by atoms with Crippen LogP contribution in [0.3, 0.4) is 0 Å². The Balaban J connectivity index is 1.93. The minimum absolute atomic E-state index is 0.0205. The van der Waals surface area contributed by atoms with Gasteiger partial charge in [-0.2, -0.15) is 0 Å². The summed E-state index contributed by atoms with van der Waals surface area (Å²) in [5.74, 6) is 1.35. The van der Waals surface area contributed by atoms with Crippen LogP contribution in [-0.4, -0.2) is 21.1 Å². The molecule has 0 aliphatic rings. The van der Waals surface area contributed by atoms with Crippen molar-refractivity contribution in [2.45, 2.75) is 13.5 Å². The molecule has 0 saturated heterocycles. The number of rotatable bonds is 5. The highest BCUT2D eigenvalue weighted by atomic mass is 16.5. The molecule has 0 unspecified atom stereocenters. The van der Waals surface area contributed by atoms with E-state index in [9.17, 15) is 5.11 Å². The summed E-state index contributed by atoms with van der Waals surface area (Å²) in [4.78, 5) is 4.57. The van der Waals surface area contributed by atoms with E-state index in [-0.39, 0.29) is 6.61 Å². The summed E-state index contributed by atoms with van der Waals surface area (Å²) in [5, 5.41) is 9.22. The van der Waals surface area contributed by atoms with E-state index >= 15 is 0 Å². The van der Waals surface area contributed by atoms with Crippen molar-refractivity contribution in [1.29, 1.82) is 0 Å². The standard InChI is InChI=1S/C18H19N3O2/c1-12(2)11-23-15-5-3-14(4-6-15)17-18(19)21-8-7-13(10-22)9-16(21)20-17/h3-9,22H,1,10-11,19H2,2H3. The van der Waals surface area contributed by atoms with E-state index < -0.39 is 0 Å². The molecule has 0 aliphatic heterocycles. The Morgan fingerprint density at radius 1 is 1.30 bits per heavy atom. The van der Waals surface area contributed by atoms with Crippen molar-refractivity contribution in [2.24, 2.45) is 0 Å². The number of aliphatic hydroxyl groups excluding tert-OH is 1. The van der Waals surface area contributed by atoms with Gasteiger partial charge >= 0.3 is 0 Å². The summed E-state index contributed by atoms with van der Waals surface area (Å²) in [7, 11) is 0. The van der Waals surface area contributed by atoms with E-state index in [2.05, 4.69) is 11.6 Å². The number of pyridine rings is 1. The molecular weight excluding hydrogens is 290 g/mol. The zero-order chi connectivity index (χ0) is 16.4. The van der Waals surface area contributed by atoms with Crippen molar-refractivity contribution in [1.82, 2.24) is 9.38 Å².